The van der Waals surface area contributed by atoms with Crippen molar-refractivity contribution >= 4 is 11.7 Å². The van der Waals surface area contributed by atoms with Gasteiger partial charge in [-0.05, 0) is 62.1 Å². The summed E-state index contributed by atoms with van der Waals surface area (Å²) >= 11 is 0. The standard InChI is InChI=1S/C23H24N4/c1-13-7-6-8-14(2)20(13)22-19-10-16(4)15(3)9-18(19)21-17(11-25-22)12-26-23(24-5)27-21/h6-10,12H,11H2,1-5H3,(H,24,26,27). The van der Waals surface area contributed by atoms with E-state index in [2.05, 4.69) is 68.3 Å². The van der Waals surface area contributed by atoms with E-state index < -0.39 is 0 Å². The molecule has 2 aromatic carbocycles. The van der Waals surface area contributed by atoms with Gasteiger partial charge in [-0.15, -0.1) is 0 Å². The smallest absolute Gasteiger partial charge is 0.222 e. The molecule has 2 heterocycles. The lowest BCUT2D eigenvalue weighted by molar-refractivity contribution is 1.02. The minimum Gasteiger partial charge on any atom is -0.357 e. The molecule has 1 aromatic heterocycles. The number of aliphatic imine (C=N–C) groups is 1. The van der Waals surface area contributed by atoms with Gasteiger partial charge in [-0.3, -0.25) is 4.99 Å². The number of hydrogen-bond acceptors (Lipinski definition) is 4. The Hall–Kier alpha value is -3.01. The van der Waals surface area contributed by atoms with E-state index in [1.165, 1.54) is 27.8 Å². The Morgan fingerprint density at radius 2 is 1.56 bits per heavy atom. The first kappa shape index (κ1) is 17.4. The minimum absolute atomic E-state index is 0.579. The number of fused-ring (bicyclic) bond motifs is 3. The molecule has 0 atom stereocenters. The lowest BCUT2D eigenvalue weighted by atomic mass is 9.88. The topological polar surface area (TPSA) is 50.2 Å². The summed E-state index contributed by atoms with van der Waals surface area (Å²) < 4.78 is 0. The van der Waals surface area contributed by atoms with Crippen LogP contribution in [0.25, 0.3) is 11.3 Å². The van der Waals surface area contributed by atoms with Gasteiger partial charge >= 0.3 is 0 Å². The second-order valence-corrected chi connectivity index (χ2v) is 7.23. The van der Waals surface area contributed by atoms with Crippen molar-refractivity contribution in [3.05, 3.63) is 75.5 Å². The van der Waals surface area contributed by atoms with Gasteiger partial charge in [0.25, 0.3) is 0 Å². The summed E-state index contributed by atoms with van der Waals surface area (Å²) in [6.07, 6.45) is 1.89. The predicted molar refractivity (Wildman–Crippen MR) is 112 cm³/mol. The Kier molecular flexibility index (Phi) is 4.27. The molecule has 0 spiro atoms. The fraction of sp³-hybridized carbons (Fsp3) is 0.261. The highest BCUT2D eigenvalue weighted by Crippen LogP contribution is 2.34. The highest BCUT2D eigenvalue weighted by Gasteiger charge is 2.23. The molecule has 0 radical (unpaired) electrons. The number of benzene rings is 2. The second kappa shape index (κ2) is 6.62. The van der Waals surface area contributed by atoms with Crippen LogP contribution in [0.4, 0.5) is 5.95 Å². The Morgan fingerprint density at radius 3 is 2.22 bits per heavy atom. The number of aryl methyl sites for hydroxylation is 4. The third-order valence-electron chi connectivity index (χ3n) is 5.36. The van der Waals surface area contributed by atoms with Gasteiger partial charge in [-0.1, -0.05) is 18.2 Å². The fourth-order valence-electron chi connectivity index (χ4n) is 3.74. The largest absolute Gasteiger partial charge is 0.357 e. The van der Waals surface area contributed by atoms with Crippen LogP contribution in [0.1, 0.15) is 38.9 Å². The lowest BCUT2D eigenvalue weighted by Gasteiger charge is -2.17. The van der Waals surface area contributed by atoms with Gasteiger partial charge in [0.05, 0.1) is 18.0 Å². The number of anilines is 1. The van der Waals surface area contributed by atoms with Gasteiger partial charge < -0.3 is 5.32 Å². The highest BCUT2D eigenvalue weighted by molar-refractivity contribution is 6.18. The van der Waals surface area contributed by atoms with Crippen LogP contribution in [0.2, 0.25) is 0 Å². The van der Waals surface area contributed by atoms with Crippen LogP contribution in [0.5, 0.6) is 0 Å². The SMILES string of the molecule is CNc1ncc2c(n1)-c1cc(C)c(C)cc1C(c1c(C)cccc1C)=NC2. The lowest BCUT2D eigenvalue weighted by Crippen LogP contribution is -2.10. The monoisotopic (exact) mass is 356 g/mol. The molecule has 0 saturated carbocycles. The molecule has 1 aliphatic heterocycles. The molecular weight excluding hydrogens is 332 g/mol. The maximum Gasteiger partial charge on any atom is 0.222 e. The molecule has 0 saturated heterocycles. The summed E-state index contributed by atoms with van der Waals surface area (Å²) in [5, 5.41) is 3.06. The molecule has 0 bridgehead atoms. The van der Waals surface area contributed by atoms with E-state index in [1.807, 2.05) is 13.2 Å². The van der Waals surface area contributed by atoms with Crippen molar-refractivity contribution < 1.29 is 0 Å². The molecule has 1 aliphatic rings. The Bertz CT molecular complexity index is 1060. The summed E-state index contributed by atoms with van der Waals surface area (Å²) in [5.41, 5.74) is 11.6. The van der Waals surface area contributed by atoms with Crippen molar-refractivity contribution in [2.24, 2.45) is 4.99 Å². The van der Waals surface area contributed by atoms with Crippen LogP contribution in [-0.4, -0.2) is 22.7 Å². The van der Waals surface area contributed by atoms with E-state index in [9.17, 15) is 0 Å². The molecule has 3 aromatic rings. The Balaban J connectivity index is 2.05. The zero-order valence-electron chi connectivity index (χ0n) is 16.5. The molecule has 0 unspecified atom stereocenters. The van der Waals surface area contributed by atoms with Crippen LogP contribution in [0.3, 0.4) is 0 Å². The summed E-state index contributed by atoms with van der Waals surface area (Å²) in [6, 6.07) is 10.9. The molecule has 136 valence electrons. The van der Waals surface area contributed by atoms with E-state index in [0.717, 1.165) is 28.1 Å². The van der Waals surface area contributed by atoms with E-state index in [-0.39, 0.29) is 0 Å². The van der Waals surface area contributed by atoms with Crippen molar-refractivity contribution in [1.29, 1.82) is 0 Å². The van der Waals surface area contributed by atoms with E-state index in [4.69, 9.17) is 9.98 Å². The Morgan fingerprint density at radius 1 is 0.889 bits per heavy atom. The van der Waals surface area contributed by atoms with Crippen molar-refractivity contribution in [2.45, 2.75) is 34.2 Å². The van der Waals surface area contributed by atoms with Crippen LogP contribution in [-0.2, 0) is 6.54 Å². The number of nitrogens with one attached hydrogen (secondary N) is 1. The number of hydrogen-bond donors (Lipinski definition) is 1. The maximum atomic E-state index is 5.04. The zero-order valence-corrected chi connectivity index (χ0v) is 16.5. The van der Waals surface area contributed by atoms with Gasteiger partial charge in [0.1, 0.15) is 0 Å². The molecule has 0 fully saturated rings. The first-order valence-electron chi connectivity index (χ1n) is 9.26. The average Bonchev–Trinajstić information content (AvgIpc) is 2.79. The van der Waals surface area contributed by atoms with Gasteiger partial charge in [-0.25, -0.2) is 9.97 Å². The Labute approximate surface area is 160 Å². The van der Waals surface area contributed by atoms with Crippen LogP contribution >= 0.6 is 0 Å². The summed E-state index contributed by atoms with van der Waals surface area (Å²) in [4.78, 5) is 14.2. The third-order valence-corrected chi connectivity index (χ3v) is 5.36. The average molecular weight is 356 g/mol. The molecule has 4 nitrogen and oxygen atoms in total. The fourth-order valence-corrected chi connectivity index (χ4v) is 3.74. The first-order valence-corrected chi connectivity index (χ1v) is 9.26. The molecule has 4 rings (SSSR count). The van der Waals surface area contributed by atoms with Crippen molar-refractivity contribution in [3.8, 4) is 11.3 Å². The minimum atomic E-state index is 0.579. The van der Waals surface area contributed by atoms with Gasteiger partial charge in [0.2, 0.25) is 5.95 Å². The third kappa shape index (κ3) is 2.91. The molecular formula is C23H24N4. The number of aromatic nitrogens is 2. The van der Waals surface area contributed by atoms with Crippen molar-refractivity contribution in [2.75, 3.05) is 12.4 Å². The van der Waals surface area contributed by atoms with Crippen LogP contribution in [0, 0.1) is 27.7 Å². The molecule has 0 amide bonds. The van der Waals surface area contributed by atoms with Gasteiger partial charge in [0.15, 0.2) is 0 Å². The molecule has 27 heavy (non-hydrogen) atoms. The molecule has 4 heteroatoms. The van der Waals surface area contributed by atoms with Gasteiger partial charge in [0, 0.05) is 35.5 Å². The normalized spacial score (nSPS) is 12.7. The van der Waals surface area contributed by atoms with Crippen molar-refractivity contribution in [1.82, 2.24) is 9.97 Å². The zero-order chi connectivity index (χ0) is 19.1. The van der Waals surface area contributed by atoms with E-state index in [1.54, 1.807) is 0 Å². The second-order valence-electron chi connectivity index (χ2n) is 7.23. The molecule has 1 N–H and O–H groups in total. The molecule has 0 aliphatic carbocycles. The highest BCUT2D eigenvalue weighted by atomic mass is 15.1. The van der Waals surface area contributed by atoms with Crippen LogP contribution < -0.4 is 5.32 Å². The first-order chi connectivity index (χ1) is 13.0. The van der Waals surface area contributed by atoms with Gasteiger partial charge in [-0.2, -0.15) is 0 Å². The maximum absolute atomic E-state index is 5.04. The quantitative estimate of drug-likeness (QED) is 0.719. The summed E-state index contributed by atoms with van der Waals surface area (Å²) in [7, 11) is 1.85. The summed E-state index contributed by atoms with van der Waals surface area (Å²) in [5.74, 6) is 0.633. The van der Waals surface area contributed by atoms with E-state index >= 15 is 0 Å². The van der Waals surface area contributed by atoms with Crippen LogP contribution in [0.15, 0.2) is 41.5 Å². The number of nitrogens with zero attached hydrogens (tertiary/aromatic N) is 3. The summed E-state index contributed by atoms with van der Waals surface area (Å²) in [6.45, 7) is 9.19. The number of rotatable bonds is 2. The predicted octanol–water partition coefficient (Wildman–Crippen LogP) is 4.77. The van der Waals surface area contributed by atoms with Crippen molar-refractivity contribution in [3.63, 3.8) is 0 Å². The van der Waals surface area contributed by atoms with E-state index in [0.29, 0.717) is 12.5 Å².